The van der Waals surface area contributed by atoms with E-state index >= 15 is 0 Å². The van der Waals surface area contributed by atoms with Crippen LogP contribution in [0.1, 0.15) is 25.7 Å². The summed E-state index contributed by atoms with van der Waals surface area (Å²) in [5.41, 5.74) is -0.687. The van der Waals surface area contributed by atoms with Crippen LogP contribution in [-0.4, -0.2) is 32.9 Å². The topological polar surface area (TPSA) is 67.2 Å². The van der Waals surface area contributed by atoms with E-state index in [4.69, 9.17) is 0 Å². The van der Waals surface area contributed by atoms with E-state index < -0.39 is 11.5 Å². The number of hydrogen-bond donors (Lipinski definition) is 2. The lowest BCUT2D eigenvalue weighted by Gasteiger charge is -2.25. The van der Waals surface area contributed by atoms with Gasteiger partial charge in [-0.25, -0.2) is 0 Å². The number of hydrogen-bond acceptors (Lipinski definition) is 3. The molecular weight excluding hydrogens is 206 g/mol. The Balaban J connectivity index is 1.85. The molecule has 16 heavy (non-hydrogen) atoms. The minimum atomic E-state index is -0.717. The fourth-order valence-corrected chi connectivity index (χ4v) is 2.29. The van der Waals surface area contributed by atoms with Crippen molar-refractivity contribution in [1.29, 1.82) is 0 Å². The van der Waals surface area contributed by atoms with Crippen molar-refractivity contribution >= 4 is 5.97 Å². The number of aliphatic carboxylic acids is 1. The van der Waals surface area contributed by atoms with Crippen LogP contribution in [0.4, 0.5) is 0 Å². The van der Waals surface area contributed by atoms with Crippen LogP contribution in [0.2, 0.25) is 0 Å². The van der Waals surface area contributed by atoms with E-state index in [0.29, 0.717) is 13.1 Å². The summed E-state index contributed by atoms with van der Waals surface area (Å²) < 4.78 is 1.80. The SMILES string of the molecule is O=C(O)C1(NCCn2cccn2)CCCC1. The van der Waals surface area contributed by atoms with Gasteiger partial charge in [0.25, 0.3) is 0 Å². The number of carbonyl (C=O) groups is 1. The lowest BCUT2D eigenvalue weighted by Crippen LogP contribution is -2.50. The Hall–Kier alpha value is -1.36. The molecule has 0 radical (unpaired) electrons. The lowest BCUT2D eigenvalue weighted by atomic mass is 9.98. The van der Waals surface area contributed by atoms with Gasteiger partial charge in [0.05, 0.1) is 6.54 Å². The molecule has 1 aromatic heterocycles. The van der Waals surface area contributed by atoms with Crippen LogP contribution in [0.5, 0.6) is 0 Å². The zero-order chi connectivity index (χ0) is 11.4. The average molecular weight is 223 g/mol. The maximum Gasteiger partial charge on any atom is 0.323 e. The molecule has 1 aromatic rings. The number of nitrogens with one attached hydrogen (secondary N) is 1. The van der Waals surface area contributed by atoms with Crippen molar-refractivity contribution in [3.8, 4) is 0 Å². The number of nitrogens with zero attached hydrogens (tertiary/aromatic N) is 2. The van der Waals surface area contributed by atoms with Crippen LogP contribution >= 0.6 is 0 Å². The molecule has 0 bridgehead atoms. The van der Waals surface area contributed by atoms with Crippen molar-refractivity contribution in [2.24, 2.45) is 0 Å². The van der Waals surface area contributed by atoms with Gasteiger partial charge in [-0.2, -0.15) is 5.10 Å². The fraction of sp³-hybridized carbons (Fsp3) is 0.636. The van der Waals surface area contributed by atoms with Crippen molar-refractivity contribution in [2.45, 2.75) is 37.8 Å². The van der Waals surface area contributed by atoms with Gasteiger partial charge in [-0.05, 0) is 18.9 Å². The van der Waals surface area contributed by atoms with Crippen molar-refractivity contribution in [1.82, 2.24) is 15.1 Å². The number of carboxylic acids is 1. The average Bonchev–Trinajstić information content (AvgIpc) is 2.88. The Morgan fingerprint density at radius 3 is 2.81 bits per heavy atom. The summed E-state index contributed by atoms with van der Waals surface area (Å²) in [5.74, 6) is -0.717. The highest BCUT2D eigenvalue weighted by Gasteiger charge is 2.40. The van der Waals surface area contributed by atoms with E-state index in [0.717, 1.165) is 25.7 Å². The molecular formula is C11H17N3O2. The maximum atomic E-state index is 11.2. The molecule has 1 saturated carbocycles. The summed E-state index contributed by atoms with van der Waals surface area (Å²) in [6.45, 7) is 1.36. The van der Waals surface area contributed by atoms with Crippen LogP contribution in [0.15, 0.2) is 18.5 Å². The second kappa shape index (κ2) is 4.65. The number of carboxylic acid groups (broad SMARTS) is 1. The predicted molar refractivity (Wildman–Crippen MR) is 59.1 cm³/mol. The molecule has 2 rings (SSSR count). The van der Waals surface area contributed by atoms with Gasteiger partial charge in [0.1, 0.15) is 5.54 Å². The molecule has 1 aliphatic rings. The molecule has 88 valence electrons. The Labute approximate surface area is 94.5 Å². The zero-order valence-corrected chi connectivity index (χ0v) is 9.22. The van der Waals surface area contributed by atoms with Crippen molar-refractivity contribution in [2.75, 3.05) is 6.54 Å². The van der Waals surface area contributed by atoms with Crippen LogP contribution in [-0.2, 0) is 11.3 Å². The van der Waals surface area contributed by atoms with Gasteiger partial charge >= 0.3 is 5.97 Å². The van der Waals surface area contributed by atoms with Crippen LogP contribution in [0.25, 0.3) is 0 Å². The Kier molecular flexibility index (Phi) is 3.24. The summed E-state index contributed by atoms with van der Waals surface area (Å²) >= 11 is 0. The highest BCUT2D eigenvalue weighted by atomic mass is 16.4. The third-order valence-corrected chi connectivity index (χ3v) is 3.23. The molecule has 0 unspecified atom stereocenters. The molecule has 1 fully saturated rings. The monoisotopic (exact) mass is 223 g/mol. The van der Waals surface area contributed by atoms with E-state index in [2.05, 4.69) is 10.4 Å². The van der Waals surface area contributed by atoms with Gasteiger partial charge in [0, 0.05) is 18.9 Å². The Morgan fingerprint density at radius 2 is 2.25 bits per heavy atom. The first-order valence-corrected chi connectivity index (χ1v) is 5.69. The molecule has 1 heterocycles. The minimum absolute atomic E-state index is 0.647. The normalized spacial score (nSPS) is 18.8. The molecule has 5 heteroatoms. The van der Waals surface area contributed by atoms with Crippen molar-refractivity contribution in [3.05, 3.63) is 18.5 Å². The van der Waals surface area contributed by atoms with E-state index in [1.54, 1.807) is 10.9 Å². The van der Waals surface area contributed by atoms with Crippen LogP contribution in [0.3, 0.4) is 0 Å². The highest BCUT2D eigenvalue weighted by Crippen LogP contribution is 2.29. The highest BCUT2D eigenvalue weighted by molar-refractivity contribution is 5.79. The third kappa shape index (κ3) is 2.24. The summed E-state index contributed by atoms with van der Waals surface area (Å²) in [7, 11) is 0. The molecule has 0 atom stereocenters. The van der Waals surface area contributed by atoms with Crippen LogP contribution in [0, 0.1) is 0 Å². The van der Waals surface area contributed by atoms with Gasteiger partial charge in [-0.3, -0.25) is 9.48 Å². The summed E-state index contributed by atoms with van der Waals surface area (Å²) in [4.78, 5) is 11.2. The predicted octanol–water partition coefficient (Wildman–Crippen LogP) is 0.870. The second-order valence-electron chi connectivity index (χ2n) is 4.29. The van der Waals surface area contributed by atoms with Gasteiger partial charge < -0.3 is 10.4 Å². The zero-order valence-electron chi connectivity index (χ0n) is 9.22. The van der Waals surface area contributed by atoms with Crippen molar-refractivity contribution in [3.63, 3.8) is 0 Å². The maximum absolute atomic E-state index is 11.2. The Morgan fingerprint density at radius 1 is 1.50 bits per heavy atom. The smallest absolute Gasteiger partial charge is 0.323 e. The quantitative estimate of drug-likeness (QED) is 0.777. The van der Waals surface area contributed by atoms with E-state index in [9.17, 15) is 9.90 Å². The molecule has 2 N–H and O–H groups in total. The summed E-state index contributed by atoms with van der Waals surface area (Å²) in [6, 6.07) is 1.86. The van der Waals surface area contributed by atoms with Crippen LogP contribution < -0.4 is 5.32 Å². The number of aromatic nitrogens is 2. The van der Waals surface area contributed by atoms with Gasteiger partial charge in [0.2, 0.25) is 0 Å². The summed E-state index contributed by atoms with van der Waals surface area (Å²) in [5, 5.41) is 16.5. The molecule has 0 saturated heterocycles. The molecule has 1 aliphatic carbocycles. The number of rotatable bonds is 5. The lowest BCUT2D eigenvalue weighted by molar-refractivity contribution is -0.144. The minimum Gasteiger partial charge on any atom is -0.480 e. The second-order valence-corrected chi connectivity index (χ2v) is 4.29. The first-order chi connectivity index (χ1) is 7.73. The van der Waals surface area contributed by atoms with Gasteiger partial charge in [0.15, 0.2) is 0 Å². The van der Waals surface area contributed by atoms with E-state index in [1.165, 1.54) is 0 Å². The first kappa shape index (κ1) is 11.1. The first-order valence-electron chi connectivity index (χ1n) is 5.69. The molecule has 0 aromatic carbocycles. The third-order valence-electron chi connectivity index (χ3n) is 3.23. The standard InChI is InChI=1S/C11H17N3O2/c15-10(16)11(4-1-2-5-11)12-7-9-14-8-3-6-13-14/h3,6,8,12H,1-2,4-5,7,9H2,(H,15,16). The molecule has 0 amide bonds. The van der Waals surface area contributed by atoms with Gasteiger partial charge in [-0.15, -0.1) is 0 Å². The largest absolute Gasteiger partial charge is 0.480 e. The van der Waals surface area contributed by atoms with E-state index in [1.807, 2.05) is 12.3 Å². The van der Waals surface area contributed by atoms with Gasteiger partial charge in [-0.1, -0.05) is 12.8 Å². The molecule has 0 aliphatic heterocycles. The summed E-state index contributed by atoms with van der Waals surface area (Å²) in [6.07, 6.45) is 7.08. The fourth-order valence-electron chi connectivity index (χ4n) is 2.29. The van der Waals surface area contributed by atoms with Crippen molar-refractivity contribution < 1.29 is 9.90 Å². The van der Waals surface area contributed by atoms with E-state index in [-0.39, 0.29) is 0 Å². The molecule has 5 nitrogen and oxygen atoms in total. The Bertz CT molecular complexity index is 342. The molecule has 0 spiro atoms.